The number of carbonyl (C=O) groups excluding carboxylic acids is 1. The van der Waals surface area contributed by atoms with Crippen LogP contribution in [0.25, 0.3) is 0 Å². The van der Waals surface area contributed by atoms with Crippen molar-refractivity contribution in [2.45, 2.75) is 25.8 Å². The van der Waals surface area contributed by atoms with E-state index in [0.717, 1.165) is 32.5 Å². The maximum atomic E-state index is 10.8. The quantitative estimate of drug-likeness (QED) is 0.860. The molecule has 0 bridgehead atoms. The molecule has 0 radical (unpaired) electrons. The van der Waals surface area contributed by atoms with E-state index in [9.17, 15) is 4.79 Å². The largest absolute Gasteiger partial charge is 0.370 e. The van der Waals surface area contributed by atoms with Gasteiger partial charge in [-0.25, -0.2) is 0 Å². The van der Waals surface area contributed by atoms with Crippen LogP contribution >= 0.6 is 0 Å². The minimum absolute atomic E-state index is 0.161. The Morgan fingerprint density at radius 1 is 1.24 bits per heavy atom. The van der Waals surface area contributed by atoms with E-state index < -0.39 is 0 Å². The minimum Gasteiger partial charge on any atom is -0.370 e. The van der Waals surface area contributed by atoms with E-state index in [1.165, 1.54) is 5.56 Å². The van der Waals surface area contributed by atoms with Gasteiger partial charge in [-0.15, -0.1) is 0 Å². The van der Waals surface area contributed by atoms with Gasteiger partial charge in [-0.3, -0.25) is 9.69 Å². The van der Waals surface area contributed by atoms with E-state index in [1.807, 2.05) is 6.07 Å². The summed E-state index contributed by atoms with van der Waals surface area (Å²) < 4.78 is 0. The molecule has 0 spiro atoms. The summed E-state index contributed by atoms with van der Waals surface area (Å²) >= 11 is 0. The first kappa shape index (κ1) is 12.1. The zero-order valence-electron chi connectivity index (χ0n) is 10.1. The second-order valence-corrected chi connectivity index (χ2v) is 4.88. The molecular formula is C14H20N2O. The SMILES string of the molecule is NC(=O)CC1CCN(Cc2ccccc2)CC1. The Hall–Kier alpha value is -1.35. The van der Waals surface area contributed by atoms with Gasteiger partial charge in [0.05, 0.1) is 0 Å². The molecular weight excluding hydrogens is 212 g/mol. The van der Waals surface area contributed by atoms with Crippen molar-refractivity contribution >= 4 is 5.91 Å². The molecule has 0 atom stereocenters. The highest BCUT2D eigenvalue weighted by atomic mass is 16.1. The maximum absolute atomic E-state index is 10.8. The molecule has 3 nitrogen and oxygen atoms in total. The molecule has 1 saturated heterocycles. The van der Waals surface area contributed by atoms with Crippen LogP contribution in [0.4, 0.5) is 0 Å². The summed E-state index contributed by atoms with van der Waals surface area (Å²) in [5, 5.41) is 0. The van der Waals surface area contributed by atoms with Crippen LogP contribution in [0.3, 0.4) is 0 Å². The van der Waals surface area contributed by atoms with E-state index in [4.69, 9.17) is 5.73 Å². The zero-order valence-corrected chi connectivity index (χ0v) is 10.1. The summed E-state index contributed by atoms with van der Waals surface area (Å²) in [4.78, 5) is 13.3. The van der Waals surface area contributed by atoms with Crippen molar-refractivity contribution in [3.05, 3.63) is 35.9 Å². The predicted octanol–water partition coefficient (Wildman–Crippen LogP) is 1.77. The third-order valence-electron chi connectivity index (χ3n) is 3.45. The number of nitrogens with two attached hydrogens (primary N) is 1. The van der Waals surface area contributed by atoms with E-state index in [1.54, 1.807) is 0 Å². The van der Waals surface area contributed by atoms with Crippen LogP contribution in [0.1, 0.15) is 24.8 Å². The van der Waals surface area contributed by atoms with Crippen molar-refractivity contribution in [2.24, 2.45) is 11.7 Å². The van der Waals surface area contributed by atoms with E-state index in [0.29, 0.717) is 12.3 Å². The molecule has 1 aliphatic heterocycles. The van der Waals surface area contributed by atoms with Crippen LogP contribution < -0.4 is 5.73 Å². The monoisotopic (exact) mass is 232 g/mol. The van der Waals surface area contributed by atoms with Crippen LogP contribution in [-0.4, -0.2) is 23.9 Å². The van der Waals surface area contributed by atoms with Crippen LogP contribution in [0.15, 0.2) is 30.3 Å². The number of carbonyl (C=O) groups is 1. The van der Waals surface area contributed by atoms with Crippen molar-refractivity contribution in [2.75, 3.05) is 13.1 Å². The number of likely N-dealkylation sites (tertiary alicyclic amines) is 1. The summed E-state index contributed by atoms with van der Waals surface area (Å²) in [6, 6.07) is 10.5. The molecule has 0 aliphatic carbocycles. The number of hydrogen-bond donors (Lipinski definition) is 1. The number of benzene rings is 1. The van der Waals surface area contributed by atoms with Crippen LogP contribution in [-0.2, 0) is 11.3 Å². The third-order valence-corrected chi connectivity index (χ3v) is 3.45. The second-order valence-electron chi connectivity index (χ2n) is 4.88. The van der Waals surface area contributed by atoms with Gasteiger partial charge in [0.2, 0.25) is 5.91 Å². The molecule has 1 amide bonds. The lowest BCUT2D eigenvalue weighted by Crippen LogP contribution is -2.34. The van der Waals surface area contributed by atoms with Gasteiger partial charge in [-0.2, -0.15) is 0 Å². The van der Waals surface area contributed by atoms with Gasteiger partial charge < -0.3 is 5.73 Å². The molecule has 1 aliphatic rings. The highest BCUT2D eigenvalue weighted by molar-refractivity contribution is 5.73. The number of rotatable bonds is 4. The van der Waals surface area contributed by atoms with Gasteiger partial charge in [-0.05, 0) is 37.4 Å². The molecule has 92 valence electrons. The highest BCUT2D eigenvalue weighted by Gasteiger charge is 2.20. The van der Waals surface area contributed by atoms with Gasteiger partial charge in [0, 0.05) is 13.0 Å². The average Bonchev–Trinajstić information content (AvgIpc) is 2.32. The van der Waals surface area contributed by atoms with Crippen LogP contribution in [0.2, 0.25) is 0 Å². The minimum atomic E-state index is -0.161. The molecule has 1 aromatic carbocycles. The topological polar surface area (TPSA) is 46.3 Å². The van der Waals surface area contributed by atoms with E-state index >= 15 is 0 Å². The molecule has 1 heterocycles. The first-order valence-corrected chi connectivity index (χ1v) is 6.28. The normalized spacial score (nSPS) is 18.1. The number of hydrogen-bond acceptors (Lipinski definition) is 2. The fourth-order valence-electron chi connectivity index (χ4n) is 2.47. The molecule has 17 heavy (non-hydrogen) atoms. The van der Waals surface area contributed by atoms with Gasteiger partial charge in [0.15, 0.2) is 0 Å². The van der Waals surface area contributed by atoms with Crippen molar-refractivity contribution in [3.8, 4) is 0 Å². The van der Waals surface area contributed by atoms with Crippen LogP contribution in [0.5, 0.6) is 0 Å². The fraction of sp³-hybridized carbons (Fsp3) is 0.500. The number of primary amides is 1. The number of nitrogens with zero attached hydrogens (tertiary/aromatic N) is 1. The molecule has 0 saturated carbocycles. The summed E-state index contributed by atoms with van der Waals surface area (Å²) in [7, 11) is 0. The number of amides is 1. The molecule has 2 rings (SSSR count). The Balaban J connectivity index is 1.78. The maximum Gasteiger partial charge on any atom is 0.217 e. The Bertz CT molecular complexity index is 356. The average molecular weight is 232 g/mol. The molecule has 1 aromatic rings. The highest BCUT2D eigenvalue weighted by Crippen LogP contribution is 2.21. The van der Waals surface area contributed by atoms with Crippen molar-refractivity contribution in [3.63, 3.8) is 0 Å². The lowest BCUT2D eigenvalue weighted by atomic mass is 9.93. The van der Waals surface area contributed by atoms with Gasteiger partial charge >= 0.3 is 0 Å². The molecule has 2 N–H and O–H groups in total. The second kappa shape index (κ2) is 5.82. The predicted molar refractivity (Wildman–Crippen MR) is 68.3 cm³/mol. The van der Waals surface area contributed by atoms with Gasteiger partial charge in [-0.1, -0.05) is 30.3 Å². The summed E-state index contributed by atoms with van der Waals surface area (Å²) in [5.74, 6) is 0.339. The van der Waals surface area contributed by atoms with Crippen molar-refractivity contribution < 1.29 is 4.79 Å². The zero-order chi connectivity index (χ0) is 12.1. The molecule has 0 aromatic heterocycles. The number of piperidine rings is 1. The Morgan fingerprint density at radius 3 is 2.47 bits per heavy atom. The lowest BCUT2D eigenvalue weighted by Gasteiger charge is -2.31. The van der Waals surface area contributed by atoms with E-state index in [-0.39, 0.29) is 5.91 Å². The molecule has 1 fully saturated rings. The summed E-state index contributed by atoms with van der Waals surface area (Å²) in [6.45, 7) is 3.17. The van der Waals surface area contributed by atoms with Crippen LogP contribution in [0, 0.1) is 5.92 Å². The van der Waals surface area contributed by atoms with Gasteiger partial charge in [0.25, 0.3) is 0 Å². The lowest BCUT2D eigenvalue weighted by molar-refractivity contribution is -0.119. The molecule has 0 unspecified atom stereocenters. The Morgan fingerprint density at radius 2 is 1.88 bits per heavy atom. The Kier molecular flexibility index (Phi) is 4.15. The summed E-state index contributed by atoms with van der Waals surface area (Å²) in [5.41, 5.74) is 6.59. The third kappa shape index (κ3) is 3.86. The molecule has 3 heteroatoms. The van der Waals surface area contributed by atoms with Crippen molar-refractivity contribution in [1.82, 2.24) is 4.90 Å². The summed E-state index contributed by atoms with van der Waals surface area (Å²) in [6.07, 6.45) is 2.74. The fourth-order valence-corrected chi connectivity index (χ4v) is 2.47. The van der Waals surface area contributed by atoms with E-state index in [2.05, 4.69) is 29.2 Å². The first-order chi connectivity index (χ1) is 8.24. The van der Waals surface area contributed by atoms with Crippen molar-refractivity contribution in [1.29, 1.82) is 0 Å². The standard InChI is InChI=1S/C14H20N2O/c15-14(17)10-12-6-8-16(9-7-12)11-13-4-2-1-3-5-13/h1-5,12H,6-11H2,(H2,15,17). The smallest absolute Gasteiger partial charge is 0.217 e. The van der Waals surface area contributed by atoms with Gasteiger partial charge in [0.1, 0.15) is 0 Å². The first-order valence-electron chi connectivity index (χ1n) is 6.28. The Labute approximate surface area is 103 Å².